The minimum absolute atomic E-state index is 0.0322. The summed E-state index contributed by atoms with van der Waals surface area (Å²) < 4.78 is 23.8. The van der Waals surface area contributed by atoms with E-state index in [0.29, 0.717) is 50.9 Å². The van der Waals surface area contributed by atoms with Crippen LogP contribution in [0.2, 0.25) is 0 Å². The summed E-state index contributed by atoms with van der Waals surface area (Å²) in [5.41, 5.74) is 13.9. The summed E-state index contributed by atoms with van der Waals surface area (Å²) in [5, 5.41) is 8.57. The highest BCUT2D eigenvalue weighted by Gasteiger charge is 2.30. The first kappa shape index (κ1) is 48.4. The van der Waals surface area contributed by atoms with Gasteiger partial charge in [-0.05, 0) is 94.8 Å². The number of Topliss-reactive ketones (excluding diaryl/α,β-unsaturated/α-hetero) is 1. The smallest absolute Gasteiger partial charge is 0.242 e. The molecule has 0 saturated heterocycles. The normalized spacial score (nSPS) is 12.3. The largest absolute Gasteiger partial charge is 0.334 e. The van der Waals surface area contributed by atoms with E-state index < -0.39 is 40.3 Å². The molecule has 2 unspecified atom stereocenters. The van der Waals surface area contributed by atoms with Crippen LogP contribution in [-0.2, 0) is 40.4 Å². The molecule has 0 saturated carbocycles. The van der Waals surface area contributed by atoms with E-state index in [9.17, 15) is 32.4 Å². The third-order valence-electron chi connectivity index (χ3n) is 10.0. The summed E-state index contributed by atoms with van der Waals surface area (Å²) in [4.78, 5) is 74.1. The van der Waals surface area contributed by atoms with Gasteiger partial charge in [0.15, 0.2) is 0 Å². The average Bonchev–Trinajstić information content (AvgIpc) is 3.22. The van der Waals surface area contributed by atoms with Crippen LogP contribution < -0.4 is 21.9 Å². The minimum Gasteiger partial charge on any atom is -0.334 e. The fourth-order valence-corrected chi connectivity index (χ4v) is 6.99. The van der Waals surface area contributed by atoms with Gasteiger partial charge in [-0.1, -0.05) is 72.8 Å². The maximum absolute atomic E-state index is 14.5. The molecule has 4 amide bonds. The van der Waals surface area contributed by atoms with Crippen molar-refractivity contribution >= 4 is 39.4 Å². The Labute approximate surface area is 349 Å². The van der Waals surface area contributed by atoms with E-state index in [2.05, 4.69) is 5.32 Å². The van der Waals surface area contributed by atoms with Crippen LogP contribution in [0.4, 0.5) is 0 Å². The highest BCUT2D eigenvalue weighted by molar-refractivity contribution is 7.89. The highest BCUT2D eigenvalue weighted by Crippen LogP contribution is 2.21. The highest BCUT2D eigenvalue weighted by atomic mass is 32.2. The topological polar surface area (TPSA) is 223 Å². The lowest BCUT2D eigenvalue weighted by molar-refractivity contribution is -0.147. The second kappa shape index (κ2) is 24.8. The number of sulfonamides is 1. The third-order valence-corrected chi connectivity index (χ3v) is 11.0. The van der Waals surface area contributed by atoms with Gasteiger partial charge < -0.3 is 36.4 Å². The lowest BCUT2D eigenvalue weighted by Gasteiger charge is -2.33. The Hall–Kier alpha value is -5.00. The van der Waals surface area contributed by atoms with E-state index in [4.69, 9.17) is 16.6 Å². The van der Waals surface area contributed by atoms with Gasteiger partial charge in [0, 0.05) is 25.7 Å². The van der Waals surface area contributed by atoms with Crippen molar-refractivity contribution in [3.8, 4) is 0 Å². The molecule has 0 heterocycles. The van der Waals surface area contributed by atoms with Gasteiger partial charge in [0.05, 0.1) is 37.1 Å². The molecule has 0 aliphatic carbocycles. The lowest BCUT2D eigenvalue weighted by atomic mass is 10.1. The zero-order valence-electron chi connectivity index (χ0n) is 34.6. The molecule has 0 aliphatic heterocycles. The van der Waals surface area contributed by atoms with Crippen molar-refractivity contribution in [2.75, 3.05) is 65.4 Å². The van der Waals surface area contributed by atoms with Gasteiger partial charge in [-0.25, -0.2) is 13.6 Å². The Bertz CT molecular complexity index is 1900. The van der Waals surface area contributed by atoms with Gasteiger partial charge >= 0.3 is 0 Å². The molecule has 59 heavy (non-hydrogen) atoms. The third kappa shape index (κ3) is 16.6. The summed E-state index contributed by atoms with van der Waals surface area (Å²) in [6.45, 7) is 5.29. The maximum Gasteiger partial charge on any atom is 0.242 e. The van der Waals surface area contributed by atoms with E-state index >= 15 is 0 Å². The number of nitrogens with two attached hydrogens (primary N) is 3. The predicted octanol–water partition coefficient (Wildman–Crippen LogP) is 2.37. The summed E-state index contributed by atoms with van der Waals surface area (Å²) in [5.74, 6) is -1.92. The molecule has 0 fully saturated rings. The molecule has 0 radical (unpaired) electrons. The number of nitrogens with one attached hydrogen (secondary N) is 1. The number of carbonyl (C=O) groups is 5. The molecule has 15 nitrogen and oxygen atoms in total. The van der Waals surface area contributed by atoms with Crippen molar-refractivity contribution in [3.05, 3.63) is 102 Å². The number of rotatable bonds is 26. The molecule has 16 heteroatoms. The van der Waals surface area contributed by atoms with Crippen molar-refractivity contribution in [1.29, 1.82) is 0 Å². The second-order valence-electron chi connectivity index (χ2n) is 14.7. The average molecular weight is 835 g/mol. The van der Waals surface area contributed by atoms with Crippen molar-refractivity contribution in [1.82, 2.24) is 24.9 Å². The number of hydrogen-bond donors (Lipinski definition) is 4. The second-order valence-corrected chi connectivity index (χ2v) is 16.3. The lowest BCUT2D eigenvalue weighted by Crippen LogP contribution is -2.51. The molecular formula is C43H62N8O7S. The number of unbranched alkanes of at least 4 members (excludes halogenated alkanes) is 2. The van der Waals surface area contributed by atoms with E-state index in [0.717, 1.165) is 11.1 Å². The maximum atomic E-state index is 14.5. The molecule has 0 aliphatic rings. The number of nitrogens with zero attached hydrogens (tertiary/aromatic N) is 4. The Morgan fingerprint density at radius 1 is 0.610 bits per heavy atom. The number of primary sulfonamides is 1. The first-order valence-electron chi connectivity index (χ1n) is 20.1. The zero-order valence-corrected chi connectivity index (χ0v) is 35.4. The summed E-state index contributed by atoms with van der Waals surface area (Å²) >= 11 is 0. The van der Waals surface area contributed by atoms with Gasteiger partial charge in [0.2, 0.25) is 33.7 Å². The van der Waals surface area contributed by atoms with Crippen molar-refractivity contribution in [3.63, 3.8) is 0 Å². The summed E-state index contributed by atoms with van der Waals surface area (Å²) in [6, 6.07) is 24.3. The molecule has 0 spiro atoms. The molecular weight excluding hydrogens is 773 g/mol. The van der Waals surface area contributed by atoms with Gasteiger partial charge in [-0.2, -0.15) is 0 Å². The number of amides is 4. The first-order chi connectivity index (χ1) is 28.1. The molecule has 7 N–H and O–H groups in total. The fraction of sp³-hybridized carbons (Fsp3) is 0.465. The zero-order chi connectivity index (χ0) is 43.4. The van der Waals surface area contributed by atoms with Crippen LogP contribution >= 0.6 is 0 Å². The Kier molecular flexibility index (Phi) is 20.3. The minimum atomic E-state index is -3.93. The molecule has 0 bridgehead atoms. The van der Waals surface area contributed by atoms with Gasteiger partial charge in [-0.15, -0.1) is 0 Å². The van der Waals surface area contributed by atoms with Crippen molar-refractivity contribution < 1.29 is 32.4 Å². The van der Waals surface area contributed by atoms with Crippen molar-refractivity contribution in [2.24, 2.45) is 16.6 Å². The van der Waals surface area contributed by atoms with Crippen LogP contribution in [0, 0.1) is 0 Å². The van der Waals surface area contributed by atoms with Crippen LogP contribution in [0.1, 0.15) is 75.2 Å². The molecule has 3 aromatic rings. The van der Waals surface area contributed by atoms with Crippen LogP contribution in [0.3, 0.4) is 0 Å². The number of hydrogen-bond acceptors (Lipinski definition) is 10. The van der Waals surface area contributed by atoms with Crippen LogP contribution in [0.15, 0.2) is 89.8 Å². The SMILES string of the molecule is CC(=O)CN(CCCCN)C(=O)CN(CCCCN)C(=O)CN(CCc1ccc(S(N)(=O)=O)cc1)C(=O)CN(C(=O)CNC(C)c1ccccc1)C(C)c1ccccc1. The predicted molar refractivity (Wildman–Crippen MR) is 228 cm³/mol. The van der Waals surface area contributed by atoms with Gasteiger partial charge in [-0.3, -0.25) is 24.0 Å². The quantitative estimate of drug-likeness (QED) is 0.0865. The Balaban J connectivity index is 1.94. The van der Waals surface area contributed by atoms with E-state index in [-0.39, 0.29) is 68.3 Å². The van der Waals surface area contributed by atoms with E-state index in [1.807, 2.05) is 74.5 Å². The molecule has 3 aromatic carbocycles. The van der Waals surface area contributed by atoms with Crippen LogP contribution in [0.25, 0.3) is 0 Å². The van der Waals surface area contributed by atoms with Gasteiger partial charge in [0.25, 0.3) is 0 Å². The fourth-order valence-electron chi connectivity index (χ4n) is 6.47. The van der Waals surface area contributed by atoms with Crippen LogP contribution in [0.5, 0.6) is 0 Å². The summed E-state index contributed by atoms with van der Waals surface area (Å²) in [7, 11) is -3.93. The van der Waals surface area contributed by atoms with Crippen LogP contribution in [-0.4, -0.2) is 123 Å². The number of ketones is 1. The Morgan fingerprint density at radius 2 is 1.08 bits per heavy atom. The van der Waals surface area contributed by atoms with Gasteiger partial charge in [0.1, 0.15) is 12.3 Å². The molecule has 3 rings (SSSR count). The van der Waals surface area contributed by atoms with E-state index in [1.165, 1.54) is 38.7 Å². The standard InChI is InChI=1S/C43H62N8O7S/c1-33(52)29-48(25-12-10-23-44)41(54)30-49(26-13-11-24-45)42(55)31-50(27-22-36-18-20-39(21-19-36)59(46,57)58)43(56)32-51(35(3)38-16-8-5-9-17-38)40(53)28-47-34(2)37-14-6-4-7-15-37/h4-9,14-21,34-35,47H,10-13,22-32,44-45H2,1-3H3,(H2,46,57,58). The first-order valence-corrected chi connectivity index (χ1v) is 21.7. The van der Waals surface area contributed by atoms with Crippen molar-refractivity contribution in [2.45, 2.75) is 69.9 Å². The monoisotopic (exact) mass is 834 g/mol. The summed E-state index contributed by atoms with van der Waals surface area (Å²) in [6.07, 6.45) is 2.59. The Morgan fingerprint density at radius 3 is 1.58 bits per heavy atom. The molecule has 322 valence electrons. The molecule has 0 aromatic heterocycles. The number of carbonyl (C=O) groups excluding carboxylic acids is 5. The number of benzene rings is 3. The molecule has 2 atom stereocenters. The van der Waals surface area contributed by atoms with E-state index in [1.54, 1.807) is 12.1 Å².